The predicted octanol–water partition coefficient (Wildman–Crippen LogP) is 5.70. The lowest BCUT2D eigenvalue weighted by molar-refractivity contribution is -0.112. The Hall–Kier alpha value is -3.29. The van der Waals surface area contributed by atoms with Gasteiger partial charge in [0.25, 0.3) is 11.7 Å². The molecule has 4 aromatic rings. The number of halogens is 2. The van der Waals surface area contributed by atoms with E-state index in [1.54, 1.807) is 24.4 Å². The molecule has 0 saturated carbocycles. The standard InChI is InChI=1S/C25H18BrClN2O4/c26-16-3-7-21-19(11-16)20(14-29(21)13-15-1-4-17(27)5-2-15)24(30)25(31)28-18-6-8-22-23(12-18)33-10-9-32-22/h1-8,11-12,14H,9-10,13H2,(H,28,31). The highest BCUT2D eigenvalue weighted by atomic mass is 79.9. The molecule has 1 aliphatic heterocycles. The van der Waals surface area contributed by atoms with Gasteiger partial charge in [0.2, 0.25) is 0 Å². The summed E-state index contributed by atoms with van der Waals surface area (Å²) in [5, 5.41) is 4.03. The molecule has 0 saturated heterocycles. The molecule has 0 fully saturated rings. The molecule has 0 radical (unpaired) electrons. The zero-order valence-electron chi connectivity index (χ0n) is 17.3. The number of rotatable bonds is 5. The van der Waals surface area contributed by atoms with Gasteiger partial charge >= 0.3 is 0 Å². The third-order valence-corrected chi connectivity index (χ3v) is 6.11. The van der Waals surface area contributed by atoms with Crippen molar-refractivity contribution < 1.29 is 19.1 Å². The van der Waals surface area contributed by atoms with Gasteiger partial charge in [-0.3, -0.25) is 9.59 Å². The number of carbonyl (C=O) groups is 2. The summed E-state index contributed by atoms with van der Waals surface area (Å²) in [5.41, 5.74) is 2.67. The van der Waals surface area contributed by atoms with Crippen LogP contribution in [0.4, 0.5) is 5.69 Å². The summed E-state index contributed by atoms with van der Waals surface area (Å²) < 4.78 is 13.8. The maximum atomic E-state index is 13.2. The van der Waals surface area contributed by atoms with Crippen molar-refractivity contribution >= 4 is 55.8 Å². The maximum absolute atomic E-state index is 13.2. The van der Waals surface area contributed by atoms with Gasteiger partial charge in [0, 0.05) is 44.9 Å². The molecular formula is C25H18BrClN2O4. The number of hydrogen-bond acceptors (Lipinski definition) is 4. The van der Waals surface area contributed by atoms with Gasteiger partial charge in [-0.2, -0.15) is 0 Å². The van der Waals surface area contributed by atoms with Crippen molar-refractivity contribution in [2.75, 3.05) is 18.5 Å². The molecule has 0 atom stereocenters. The van der Waals surface area contributed by atoms with E-state index in [2.05, 4.69) is 21.2 Å². The Kier molecular flexibility index (Phi) is 5.83. The average Bonchev–Trinajstić information content (AvgIpc) is 3.17. The Morgan fingerprint density at radius 2 is 1.73 bits per heavy atom. The van der Waals surface area contributed by atoms with Crippen molar-refractivity contribution in [3.05, 3.63) is 87.5 Å². The highest BCUT2D eigenvalue weighted by Crippen LogP contribution is 2.33. The lowest BCUT2D eigenvalue weighted by Crippen LogP contribution is -2.23. The van der Waals surface area contributed by atoms with Gasteiger partial charge in [0.15, 0.2) is 11.5 Å². The highest BCUT2D eigenvalue weighted by molar-refractivity contribution is 9.10. The first kappa shape index (κ1) is 21.6. The normalized spacial score (nSPS) is 12.5. The lowest BCUT2D eigenvalue weighted by atomic mass is 10.1. The van der Waals surface area contributed by atoms with Crippen LogP contribution < -0.4 is 14.8 Å². The Morgan fingerprint density at radius 1 is 0.970 bits per heavy atom. The zero-order chi connectivity index (χ0) is 22.9. The number of ketones is 1. The first-order chi connectivity index (χ1) is 16.0. The average molecular weight is 526 g/mol. The molecule has 0 spiro atoms. The second kappa shape index (κ2) is 8.92. The first-order valence-corrected chi connectivity index (χ1v) is 11.4. The van der Waals surface area contributed by atoms with Gasteiger partial charge in [-0.1, -0.05) is 39.7 Å². The van der Waals surface area contributed by atoms with Crippen LogP contribution in [0.15, 0.2) is 71.3 Å². The van der Waals surface area contributed by atoms with Gasteiger partial charge in [0.05, 0.1) is 5.56 Å². The molecule has 1 N–H and O–H groups in total. The predicted molar refractivity (Wildman–Crippen MR) is 131 cm³/mol. The minimum atomic E-state index is -0.725. The highest BCUT2D eigenvalue weighted by Gasteiger charge is 2.23. The van der Waals surface area contributed by atoms with Gasteiger partial charge in [-0.15, -0.1) is 0 Å². The summed E-state index contributed by atoms with van der Waals surface area (Å²) in [6, 6.07) is 18.2. The third kappa shape index (κ3) is 4.47. The maximum Gasteiger partial charge on any atom is 0.296 e. The molecule has 33 heavy (non-hydrogen) atoms. The van der Waals surface area contributed by atoms with E-state index >= 15 is 0 Å². The summed E-state index contributed by atoms with van der Waals surface area (Å²) >= 11 is 9.46. The van der Waals surface area contributed by atoms with E-state index in [1.165, 1.54) is 0 Å². The van der Waals surface area contributed by atoms with E-state index in [0.717, 1.165) is 15.6 Å². The molecule has 5 rings (SSSR count). The molecule has 166 valence electrons. The largest absolute Gasteiger partial charge is 0.486 e. The second-order valence-electron chi connectivity index (χ2n) is 7.60. The van der Waals surface area contributed by atoms with E-state index in [0.29, 0.717) is 52.9 Å². The van der Waals surface area contributed by atoms with Crippen LogP contribution in [0.1, 0.15) is 15.9 Å². The van der Waals surface area contributed by atoms with Crippen LogP contribution >= 0.6 is 27.5 Å². The number of nitrogens with one attached hydrogen (secondary N) is 1. The Morgan fingerprint density at radius 3 is 2.52 bits per heavy atom. The number of hydrogen-bond donors (Lipinski definition) is 1. The number of aromatic nitrogens is 1. The fourth-order valence-corrected chi connectivity index (χ4v) is 4.29. The molecule has 8 heteroatoms. The Labute approximate surface area is 203 Å². The van der Waals surface area contributed by atoms with Gasteiger partial charge in [-0.05, 0) is 48.0 Å². The first-order valence-electron chi connectivity index (χ1n) is 10.3. The molecule has 1 aliphatic rings. The smallest absolute Gasteiger partial charge is 0.296 e. The topological polar surface area (TPSA) is 69.6 Å². The number of anilines is 1. The summed E-state index contributed by atoms with van der Waals surface area (Å²) in [4.78, 5) is 26.0. The minimum Gasteiger partial charge on any atom is -0.486 e. The molecule has 2 heterocycles. The van der Waals surface area contributed by atoms with Crippen molar-refractivity contribution in [2.24, 2.45) is 0 Å². The summed E-state index contributed by atoms with van der Waals surface area (Å²) in [6.07, 6.45) is 1.72. The van der Waals surface area contributed by atoms with E-state index in [1.807, 2.05) is 47.0 Å². The van der Waals surface area contributed by atoms with Crippen molar-refractivity contribution in [1.29, 1.82) is 0 Å². The number of ether oxygens (including phenoxy) is 2. The number of benzene rings is 3. The van der Waals surface area contributed by atoms with Gasteiger partial charge in [0.1, 0.15) is 13.2 Å². The Bertz CT molecular complexity index is 1380. The van der Waals surface area contributed by atoms with Gasteiger partial charge in [-0.25, -0.2) is 0 Å². The minimum absolute atomic E-state index is 0.329. The molecule has 1 aromatic heterocycles. The Balaban J connectivity index is 1.44. The fourth-order valence-electron chi connectivity index (χ4n) is 3.80. The lowest BCUT2D eigenvalue weighted by Gasteiger charge is -2.18. The van der Waals surface area contributed by atoms with Crippen LogP contribution in [-0.4, -0.2) is 29.5 Å². The SMILES string of the molecule is O=C(Nc1ccc2c(c1)OCCO2)C(=O)c1cn(Cc2ccc(Cl)cc2)c2ccc(Br)cc12. The second-order valence-corrected chi connectivity index (χ2v) is 8.95. The van der Waals surface area contributed by atoms with E-state index < -0.39 is 11.7 Å². The van der Waals surface area contributed by atoms with Crippen molar-refractivity contribution in [1.82, 2.24) is 4.57 Å². The van der Waals surface area contributed by atoms with Crippen LogP contribution in [-0.2, 0) is 11.3 Å². The monoisotopic (exact) mass is 524 g/mol. The van der Waals surface area contributed by atoms with Crippen molar-refractivity contribution in [2.45, 2.75) is 6.54 Å². The molecular weight excluding hydrogens is 508 g/mol. The van der Waals surface area contributed by atoms with Crippen molar-refractivity contribution in [3.8, 4) is 11.5 Å². The molecule has 0 unspecified atom stereocenters. The fraction of sp³-hybridized carbons (Fsp3) is 0.120. The summed E-state index contributed by atoms with van der Waals surface area (Å²) in [5.74, 6) is -0.198. The van der Waals surface area contributed by atoms with E-state index in [-0.39, 0.29) is 0 Å². The quantitative estimate of drug-likeness (QED) is 0.268. The zero-order valence-corrected chi connectivity index (χ0v) is 19.7. The van der Waals surface area contributed by atoms with E-state index in [4.69, 9.17) is 21.1 Å². The van der Waals surface area contributed by atoms with Crippen LogP contribution in [0.25, 0.3) is 10.9 Å². The van der Waals surface area contributed by atoms with Crippen LogP contribution in [0.2, 0.25) is 5.02 Å². The van der Waals surface area contributed by atoms with Gasteiger partial charge < -0.3 is 19.4 Å². The summed E-state index contributed by atoms with van der Waals surface area (Å²) in [7, 11) is 0. The number of Topliss-reactive ketones (excluding diaryl/α,β-unsaturated/α-hetero) is 1. The number of carbonyl (C=O) groups excluding carboxylic acids is 2. The van der Waals surface area contributed by atoms with E-state index in [9.17, 15) is 9.59 Å². The van der Waals surface area contributed by atoms with Crippen LogP contribution in [0, 0.1) is 0 Å². The number of amides is 1. The number of fused-ring (bicyclic) bond motifs is 2. The van der Waals surface area contributed by atoms with Crippen molar-refractivity contribution in [3.63, 3.8) is 0 Å². The molecule has 3 aromatic carbocycles. The number of nitrogens with zero attached hydrogens (tertiary/aromatic N) is 1. The van der Waals surface area contributed by atoms with Crippen LogP contribution in [0.3, 0.4) is 0 Å². The van der Waals surface area contributed by atoms with Crippen LogP contribution in [0.5, 0.6) is 11.5 Å². The third-order valence-electron chi connectivity index (χ3n) is 5.36. The summed E-state index contributed by atoms with van der Waals surface area (Å²) in [6.45, 7) is 1.45. The molecule has 1 amide bonds. The molecule has 0 bridgehead atoms. The molecule has 0 aliphatic carbocycles. The molecule has 6 nitrogen and oxygen atoms in total.